The Morgan fingerprint density at radius 2 is 2.00 bits per heavy atom. The second-order valence-electron chi connectivity index (χ2n) is 4.63. The number of nitrogens with one attached hydrogen (secondary N) is 1. The Kier molecular flexibility index (Phi) is 5.52. The number of hydrogen-bond donors (Lipinski definition) is 1. The highest BCUT2D eigenvalue weighted by Gasteiger charge is 2.28. The lowest BCUT2D eigenvalue weighted by Gasteiger charge is -2.33. The van der Waals surface area contributed by atoms with E-state index in [1.807, 2.05) is 11.9 Å². The van der Waals surface area contributed by atoms with Gasteiger partial charge >= 0.3 is 0 Å². The maximum absolute atomic E-state index is 11.9. The summed E-state index contributed by atoms with van der Waals surface area (Å²) >= 11 is 0. The summed E-state index contributed by atoms with van der Waals surface area (Å²) in [7, 11) is 1.93. The maximum Gasteiger partial charge on any atom is 0.228 e. The number of halogens is 1. The number of carbonyl (C=O) groups is 1. The van der Waals surface area contributed by atoms with Crippen LogP contribution in [0.2, 0.25) is 0 Å². The van der Waals surface area contributed by atoms with Crippen molar-refractivity contribution in [3.05, 3.63) is 0 Å². The van der Waals surface area contributed by atoms with Gasteiger partial charge in [-0.3, -0.25) is 4.79 Å². The van der Waals surface area contributed by atoms with E-state index in [1.165, 1.54) is 0 Å². The van der Waals surface area contributed by atoms with E-state index in [9.17, 15) is 4.79 Å². The van der Waals surface area contributed by atoms with Gasteiger partial charge in [0.25, 0.3) is 0 Å². The van der Waals surface area contributed by atoms with Crippen LogP contribution in [-0.2, 0) is 9.53 Å². The topological polar surface area (TPSA) is 41.6 Å². The predicted molar refractivity (Wildman–Crippen MR) is 64.8 cm³/mol. The van der Waals surface area contributed by atoms with Crippen LogP contribution >= 0.6 is 12.4 Å². The molecule has 2 fully saturated rings. The maximum atomic E-state index is 11.9. The van der Waals surface area contributed by atoms with Gasteiger partial charge < -0.3 is 15.0 Å². The highest BCUT2D eigenvalue weighted by atomic mass is 35.5. The van der Waals surface area contributed by atoms with Crippen LogP contribution in [0.3, 0.4) is 0 Å². The van der Waals surface area contributed by atoms with Crippen molar-refractivity contribution in [1.82, 2.24) is 10.2 Å². The van der Waals surface area contributed by atoms with Gasteiger partial charge in [0.2, 0.25) is 5.91 Å². The van der Waals surface area contributed by atoms with Gasteiger partial charge in [0.05, 0.1) is 5.92 Å². The fraction of sp³-hybridized carbons (Fsp3) is 0.909. The molecule has 16 heavy (non-hydrogen) atoms. The highest BCUT2D eigenvalue weighted by molar-refractivity contribution is 5.85. The van der Waals surface area contributed by atoms with Crippen molar-refractivity contribution >= 4 is 18.3 Å². The lowest BCUT2D eigenvalue weighted by Crippen LogP contribution is -2.52. The van der Waals surface area contributed by atoms with Crippen molar-refractivity contribution in [1.29, 1.82) is 0 Å². The van der Waals surface area contributed by atoms with E-state index >= 15 is 0 Å². The molecular formula is C11H21ClN2O2. The predicted octanol–water partition coefficient (Wildman–Crippen LogP) is 0.513. The van der Waals surface area contributed by atoms with Gasteiger partial charge in [-0.1, -0.05) is 0 Å². The summed E-state index contributed by atoms with van der Waals surface area (Å²) in [6.07, 6.45) is 2.20. The van der Waals surface area contributed by atoms with Gasteiger partial charge in [0.15, 0.2) is 0 Å². The summed E-state index contributed by atoms with van der Waals surface area (Å²) < 4.78 is 5.31. The second kappa shape index (κ2) is 6.42. The monoisotopic (exact) mass is 248 g/mol. The molecule has 2 rings (SSSR count). The van der Waals surface area contributed by atoms with Crippen molar-refractivity contribution in [3.8, 4) is 0 Å². The highest BCUT2D eigenvalue weighted by Crippen LogP contribution is 2.17. The van der Waals surface area contributed by atoms with Gasteiger partial charge in [-0.05, 0) is 18.8 Å². The molecule has 0 aliphatic carbocycles. The van der Waals surface area contributed by atoms with Crippen LogP contribution in [0.5, 0.6) is 0 Å². The smallest absolute Gasteiger partial charge is 0.228 e. The van der Waals surface area contributed by atoms with E-state index in [0.717, 1.165) is 45.7 Å². The second-order valence-corrected chi connectivity index (χ2v) is 4.63. The average molecular weight is 249 g/mol. The van der Waals surface area contributed by atoms with E-state index in [-0.39, 0.29) is 18.3 Å². The van der Waals surface area contributed by atoms with E-state index in [0.29, 0.717) is 11.8 Å². The number of rotatable bonds is 3. The van der Waals surface area contributed by atoms with E-state index in [1.54, 1.807) is 0 Å². The molecule has 0 bridgehead atoms. The fourth-order valence-electron chi connectivity index (χ4n) is 2.18. The van der Waals surface area contributed by atoms with E-state index < -0.39 is 0 Å². The molecule has 0 aromatic carbocycles. The van der Waals surface area contributed by atoms with Gasteiger partial charge in [-0.15, -0.1) is 12.4 Å². The third kappa shape index (κ3) is 3.34. The van der Waals surface area contributed by atoms with Gasteiger partial charge in [0, 0.05) is 39.9 Å². The average Bonchev–Trinajstić information content (AvgIpc) is 2.16. The minimum absolute atomic E-state index is 0. The Hall–Kier alpha value is -0.320. The van der Waals surface area contributed by atoms with Crippen LogP contribution in [0.1, 0.15) is 12.8 Å². The summed E-state index contributed by atoms with van der Waals surface area (Å²) in [5.74, 6) is 1.18. The minimum atomic E-state index is 0. The first-order valence-corrected chi connectivity index (χ1v) is 5.81. The molecular weight excluding hydrogens is 228 g/mol. The van der Waals surface area contributed by atoms with Crippen molar-refractivity contribution in [2.75, 3.05) is 39.9 Å². The molecule has 1 amide bonds. The Morgan fingerprint density at radius 1 is 1.38 bits per heavy atom. The van der Waals surface area contributed by atoms with Crippen molar-refractivity contribution in [2.45, 2.75) is 12.8 Å². The third-order valence-electron chi connectivity index (χ3n) is 3.38. The molecule has 2 aliphatic heterocycles. The molecule has 1 N–H and O–H groups in total. The molecule has 0 radical (unpaired) electrons. The number of ether oxygens (including phenoxy) is 1. The van der Waals surface area contributed by atoms with Crippen LogP contribution in [0, 0.1) is 11.8 Å². The Labute approximate surface area is 103 Å². The molecule has 5 heteroatoms. The normalized spacial score (nSPS) is 22.1. The summed E-state index contributed by atoms with van der Waals surface area (Å²) in [6.45, 7) is 4.34. The lowest BCUT2D eigenvalue weighted by molar-refractivity contribution is -0.136. The molecule has 0 aromatic rings. The van der Waals surface area contributed by atoms with Gasteiger partial charge in [-0.2, -0.15) is 0 Å². The van der Waals surface area contributed by atoms with Crippen LogP contribution < -0.4 is 5.32 Å². The first-order valence-electron chi connectivity index (χ1n) is 5.81. The van der Waals surface area contributed by atoms with Gasteiger partial charge in [0.1, 0.15) is 0 Å². The number of nitrogens with zero attached hydrogens (tertiary/aromatic N) is 1. The standard InChI is InChI=1S/C11H20N2O2.ClH/c1-13(11(14)10-6-12-7-10)8-9-2-4-15-5-3-9;/h9-10,12H,2-8H2,1H3;1H. The molecule has 2 heterocycles. The molecule has 0 spiro atoms. The van der Waals surface area contributed by atoms with Crippen molar-refractivity contribution in [2.24, 2.45) is 11.8 Å². The number of carbonyl (C=O) groups excluding carboxylic acids is 1. The summed E-state index contributed by atoms with van der Waals surface area (Å²) in [6, 6.07) is 0. The number of hydrogen-bond acceptors (Lipinski definition) is 3. The van der Waals surface area contributed by atoms with Gasteiger partial charge in [-0.25, -0.2) is 0 Å². The van der Waals surface area contributed by atoms with E-state index in [2.05, 4.69) is 5.32 Å². The summed E-state index contributed by atoms with van der Waals surface area (Å²) in [5.41, 5.74) is 0. The lowest BCUT2D eigenvalue weighted by atomic mass is 9.97. The zero-order valence-corrected chi connectivity index (χ0v) is 10.6. The summed E-state index contributed by atoms with van der Waals surface area (Å²) in [5, 5.41) is 3.13. The molecule has 94 valence electrons. The van der Waals surface area contributed by atoms with Crippen LogP contribution in [-0.4, -0.2) is 50.7 Å². The molecule has 2 aliphatic rings. The van der Waals surface area contributed by atoms with Crippen LogP contribution in [0.25, 0.3) is 0 Å². The molecule has 0 aromatic heterocycles. The first kappa shape index (κ1) is 13.7. The van der Waals surface area contributed by atoms with Crippen molar-refractivity contribution in [3.63, 3.8) is 0 Å². The Morgan fingerprint density at radius 3 is 2.50 bits per heavy atom. The molecule has 0 unspecified atom stereocenters. The SMILES string of the molecule is CN(CC1CCOCC1)C(=O)C1CNC1.Cl. The summed E-state index contributed by atoms with van der Waals surface area (Å²) in [4.78, 5) is 13.8. The minimum Gasteiger partial charge on any atom is -0.381 e. The molecule has 0 atom stereocenters. The fourth-order valence-corrected chi connectivity index (χ4v) is 2.18. The first-order chi connectivity index (χ1) is 7.27. The van der Waals surface area contributed by atoms with Crippen molar-refractivity contribution < 1.29 is 9.53 Å². The quantitative estimate of drug-likeness (QED) is 0.792. The molecule has 0 saturated carbocycles. The molecule has 2 saturated heterocycles. The number of amides is 1. The van der Waals surface area contributed by atoms with Crippen LogP contribution in [0.15, 0.2) is 0 Å². The Balaban J connectivity index is 0.00000128. The Bertz CT molecular complexity index is 228. The zero-order valence-electron chi connectivity index (χ0n) is 9.78. The zero-order chi connectivity index (χ0) is 10.7. The largest absolute Gasteiger partial charge is 0.381 e. The van der Waals surface area contributed by atoms with Crippen LogP contribution in [0.4, 0.5) is 0 Å². The van der Waals surface area contributed by atoms with E-state index in [4.69, 9.17) is 4.74 Å². The molecule has 4 nitrogen and oxygen atoms in total. The third-order valence-corrected chi connectivity index (χ3v) is 3.38.